The molecule has 0 saturated carbocycles. The number of anilines is 1. The Morgan fingerprint density at radius 2 is 2.17 bits per heavy atom. The molecule has 1 saturated heterocycles. The monoisotopic (exact) mass is 342 g/mol. The van der Waals surface area contributed by atoms with Gasteiger partial charge in [-0.1, -0.05) is 27.3 Å². The van der Waals surface area contributed by atoms with Gasteiger partial charge in [-0.25, -0.2) is 4.98 Å². The average Bonchev–Trinajstić information content (AvgIpc) is 2.79. The van der Waals surface area contributed by atoms with E-state index < -0.39 is 0 Å². The van der Waals surface area contributed by atoms with Crippen molar-refractivity contribution in [3.8, 4) is 0 Å². The van der Waals surface area contributed by atoms with E-state index >= 15 is 0 Å². The first-order valence-electron chi connectivity index (χ1n) is 6.19. The largest absolute Gasteiger partial charge is 0.361 e. The van der Waals surface area contributed by atoms with Crippen LogP contribution in [0, 0.1) is 5.92 Å². The molecule has 18 heavy (non-hydrogen) atoms. The van der Waals surface area contributed by atoms with E-state index in [9.17, 15) is 0 Å². The van der Waals surface area contributed by atoms with Gasteiger partial charge in [-0.3, -0.25) is 0 Å². The minimum atomic E-state index is 0.824. The number of fused-ring (bicyclic) bond motifs is 1. The SMILES string of the molecule is Brc1ccc2nc(NCC3CCSCC3)sc2c1. The second-order valence-electron chi connectivity index (χ2n) is 4.57. The number of halogens is 1. The van der Waals surface area contributed by atoms with E-state index in [1.165, 1.54) is 29.0 Å². The standard InChI is InChI=1S/C13H15BrN2S2/c14-10-1-2-11-12(7-10)18-13(16-11)15-8-9-3-5-17-6-4-9/h1-2,7,9H,3-6,8H2,(H,15,16). The van der Waals surface area contributed by atoms with Crippen LogP contribution < -0.4 is 5.32 Å². The normalized spacial score (nSPS) is 17.2. The summed E-state index contributed by atoms with van der Waals surface area (Å²) in [7, 11) is 0. The zero-order valence-corrected chi connectivity index (χ0v) is 13.2. The van der Waals surface area contributed by atoms with E-state index in [2.05, 4.69) is 50.1 Å². The number of hydrogen-bond acceptors (Lipinski definition) is 4. The fourth-order valence-corrected chi connectivity index (χ4v) is 4.78. The molecule has 2 nitrogen and oxygen atoms in total. The van der Waals surface area contributed by atoms with E-state index in [1.54, 1.807) is 11.3 Å². The van der Waals surface area contributed by atoms with E-state index in [4.69, 9.17) is 0 Å². The molecular weight excluding hydrogens is 328 g/mol. The Morgan fingerprint density at radius 3 is 3.00 bits per heavy atom. The molecule has 1 aliphatic rings. The predicted molar refractivity (Wildman–Crippen MR) is 85.9 cm³/mol. The molecule has 0 atom stereocenters. The quantitative estimate of drug-likeness (QED) is 0.881. The van der Waals surface area contributed by atoms with Gasteiger partial charge in [0, 0.05) is 11.0 Å². The van der Waals surface area contributed by atoms with Crippen molar-refractivity contribution >= 4 is 54.4 Å². The zero-order chi connectivity index (χ0) is 12.4. The maximum Gasteiger partial charge on any atom is 0.183 e. The Balaban J connectivity index is 1.67. The number of aromatic nitrogens is 1. The number of hydrogen-bond donors (Lipinski definition) is 1. The third-order valence-corrected chi connectivity index (χ3v) is 5.75. The molecule has 0 aliphatic carbocycles. The van der Waals surface area contributed by atoms with Crippen molar-refractivity contribution in [3.05, 3.63) is 22.7 Å². The number of benzene rings is 1. The summed E-state index contributed by atoms with van der Waals surface area (Å²) in [6.07, 6.45) is 2.68. The van der Waals surface area contributed by atoms with Gasteiger partial charge in [0.25, 0.3) is 0 Å². The highest BCUT2D eigenvalue weighted by Gasteiger charge is 2.14. The van der Waals surface area contributed by atoms with Crippen molar-refractivity contribution in [2.24, 2.45) is 5.92 Å². The first-order valence-corrected chi connectivity index (χ1v) is 8.95. The highest BCUT2D eigenvalue weighted by molar-refractivity contribution is 9.10. The van der Waals surface area contributed by atoms with E-state index in [1.807, 2.05) is 6.07 Å². The van der Waals surface area contributed by atoms with Crippen molar-refractivity contribution < 1.29 is 0 Å². The molecule has 1 aliphatic heterocycles. The van der Waals surface area contributed by atoms with Crippen molar-refractivity contribution in [1.82, 2.24) is 4.98 Å². The number of rotatable bonds is 3. The first kappa shape index (κ1) is 12.8. The molecular formula is C13H15BrN2S2. The van der Waals surface area contributed by atoms with Crippen molar-refractivity contribution in [2.75, 3.05) is 23.4 Å². The lowest BCUT2D eigenvalue weighted by atomic mass is 10.0. The summed E-state index contributed by atoms with van der Waals surface area (Å²) < 4.78 is 2.36. The van der Waals surface area contributed by atoms with Crippen LogP contribution >= 0.6 is 39.0 Å². The van der Waals surface area contributed by atoms with Gasteiger partial charge in [0.05, 0.1) is 10.2 Å². The lowest BCUT2D eigenvalue weighted by Gasteiger charge is -2.21. The molecule has 0 unspecified atom stereocenters. The topological polar surface area (TPSA) is 24.9 Å². The van der Waals surface area contributed by atoms with Gasteiger partial charge in [0.15, 0.2) is 5.13 Å². The fourth-order valence-electron chi connectivity index (χ4n) is 2.16. The van der Waals surface area contributed by atoms with Crippen LogP contribution in [0.2, 0.25) is 0 Å². The number of nitrogens with zero attached hydrogens (tertiary/aromatic N) is 1. The van der Waals surface area contributed by atoms with Crippen LogP contribution in [0.15, 0.2) is 22.7 Å². The van der Waals surface area contributed by atoms with Crippen molar-refractivity contribution in [3.63, 3.8) is 0 Å². The van der Waals surface area contributed by atoms with Crippen LogP contribution in [-0.4, -0.2) is 23.0 Å². The molecule has 5 heteroatoms. The maximum atomic E-state index is 4.62. The van der Waals surface area contributed by atoms with Gasteiger partial charge in [-0.2, -0.15) is 11.8 Å². The van der Waals surface area contributed by atoms with Crippen LogP contribution in [-0.2, 0) is 0 Å². The number of thiazole rings is 1. The molecule has 1 aromatic carbocycles. The summed E-state index contributed by atoms with van der Waals surface area (Å²) in [5, 5.41) is 4.56. The van der Waals surface area contributed by atoms with Gasteiger partial charge in [0.1, 0.15) is 0 Å². The highest BCUT2D eigenvalue weighted by Crippen LogP contribution is 2.29. The Morgan fingerprint density at radius 1 is 1.33 bits per heavy atom. The Kier molecular flexibility index (Phi) is 4.11. The van der Waals surface area contributed by atoms with Crippen LogP contribution in [0.5, 0.6) is 0 Å². The molecule has 96 valence electrons. The zero-order valence-electron chi connectivity index (χ0n) is 9.99. The van der Waals surface area contributed by atoms with E-state index in [-0.39, 0.29) is 0 Å². The molecule has 0 spiro atoms. The lowest BCUT2D eigenvalue weighted by Crippen LogP contribution is -2.18. The van der Waals surface area contributed by atoms with Gasteiger partial charge >= 0.3 is 0 Å². The minimum Gasteiger partial charge on any atom is -0.361 e. The third-order valence-electron chi connectivity index (χ3n) is 3.23. The summed E-state index contributed by atoms with van der Waals surface area (Å²) in [6.45, 7) is 1.07. The molecule has 0 amide bonds. The van der Waals surface area contributed by atoms with Crippen LogP contribution in [0.3, 0.4) is 0 Å². The maximum absolute atomic E-state index is 4.62. The average molecular weight is 343 g/mol. The Labute approximate surface area is 124 Å². The second-order valence-corrected chi connectivity index (χ2v) is 7.74. The van der Waals surface area contributed by atoms with Gasteiger partial charge < -0.3 is 5.32 Å². The lowest BCUT2D eigenvalue weighted by molar-refractivity contribution is 0.516. The fraction of sp³-hybridized carbons (Fsp3) is 0.462. The number of nitrogens with one attached hydrogen (secondary N) is 1. The summed E-state index contributed by atoms with van der Waals surface area (Å²) in [4.78, 5) is 4.62. The highest BCUT2D eigenvalue weighted by atomic mass is 79.9. The minimum absolute atomic E-state index is 0.824. The molecule has 3 rings (SSSR count). The summed E-state index contributed by atoms with van der Waals surface area (Å²) in [5.74, 6) is 3.46. The van der Waals surface area contributed by atoms with Gasteiger partial charge in [-0.05, 0) is 48.5 Å². The summed E-state index contributed by atoms with van der Waals surface area (Å²) in [6, 6.07) is 6.25. The molecule has 0 radical (unpaired) electrons. The molecule has 1 fully saturated rings. The Bertz CT molecular complexity index is 535. The number of thioether (sulfide) groups is 1. The van der Waals surface area contributed by atoms with Crippen LogP contribution in [0.4, 0.5) is 5.13 Å². The molecule has 0 bridgehead atoms. The van der Waals surface area contributed by atoms with Crippen molar-refractivity contribution in [1.29, 1.82) is 0 Å². The van der Waals surface area contributed by atoms with Crippen LogP contribution in [0.1, 0.15) is 12.8 Å². The first-order chi connectivity index (χ1) is 8.81. The smallest absolute Gasteiger partial charge is 0.183 e. The molecule has 1 aromatic heterocycles. The molecule has 2 heterocycles. The molecule has 2 aromatic rings. The van der Waals surface area contributed by atoms with Gasteiger partial charge in [0.2, 0.25) is 0 Å². The van der Waals surface area contributed by atoms with Crippen LogP contribution in [0.25, 0.3) is 10.2 Å². The van der Waals surface area contributed by atoms with Gasteiger partial charge in [-0.15, -0.1) is 0 Å². The third kappa shape index (κ3) is 3.00. The molecule has 1 N–H and O–H groups in total. The predicted octanol–water partition coefficient (Wildman–Crippen LogP) is 4.61. The Hall–Kier alpha value is -0.260. The summed E-state index contributed by atoms with van der Waals surface area (Å²) in [5.41, 5.74) is 1.09. The second kappa shape index (κ2) is 5.80. The van der Waals surface area contributed by atoms with E-state index in [0.717, 1.165) is 27.6 Å². The van der Waals surface area contributed by atoms with Crippen molar-refractivity contribution in [2.45, 2.75) is 12.8 Å². The van der Waals surface area contributed by atoms with E-state index in [0.29, 0.717) is 0 Å². The summed E-state index contributed by atoms with van der Waals surface area (Å²) >= 11 is 7.32.